The second-order valence-corrected chi connectivity index (χ2v) is 8.74. The van der Waals surface area contributed by atoms with Gasteiger partial charge in [0, 0.05) is 11.3 Å². The van der Waals surface area contributed by atoms with Gasteiger partial charge in [-0.2, -0.15) is 4.99 Å². The lowest BCUT2D eigenvalue weighted by Crippen LogP contribution is -2.58. The van der Waals surface area contributed by atoms with Gasteiger partial charge in [-0.15, -0.1) is 0 Å². The van der Waals surface area contributed by atoms with Crippen LogP contribution in [0.15, 0.2) is 44.7 Å². The molecule has 2 aromatic carbocycles. The maximum absolute atomic E-state index is 6.44. The first-order valence-corrected chi connectivity index (χ1v) is 10.8. The highest BCUT2D eigenvalue weighted by Crippen LogP contribution is 2.41. The predicted molar refractivity (Wildman–Crippen MR) is 125 cm³/mol. The molecule has 1 aromatic heterocycles. The Hall–Kier alpha value is -3.35. The van der Waals surface area contributed by atoms with Gasteiger partial charge in [0.1, 0.15) is 11.2 Å². The normalized spacial score (nSPS) is 18.4. The molecule has 7 nitrogen and oxygen atoms in total. The molecule has 0 unspecified atom stereocenters. The van der Waals surface area contributed by atoms with Crippen LogP contribution in [0.4, 0.5) is 5.69 Å². The van der Waals surface area contributed by atoms with Crippen LogP contribution in [0.5, 0.6) is 0 Å². The van der Waals surface area contributed by atoms with Crippen molar-refractivity contribution >= 4 is 28.7 Å². The summed E-state index contributed by atoms with van der Waals surface area (Å²) in [5.41, 5.74) is 19.0. The molecule has 0 amide bonds. The Balaban J connectivity index is 1.62. The lowest BCUT2D eigenvalue weighted by molar-refractivity contribution is 0.305. The Bertz CT molecular complexity index is 1190. The van der Waals surface area contributed by atoms with Crippen LogP contribution < -0.4 is 16.4 Å². The topological polar surface area (TPSA) is 106 Å². The Kier molecular flexibility index (Phi) is 4.50. The molecule has 0 atom stereocenters. The molecule has 1 spiro atoms. The minimum Gasteiger partial charge on any atom is -0.436 e. The molecule has 4 N–H and O–H groups in total. The van der Waals surface area contributed by atoms with E-state index in [1.165, 1.54) is 17.5 Å². The number of aryl methyl sites for hydroxylation is 3. The van der Waals surface area contributed by atoms with Gasteiger partial charge in [0.25, 0.3) is 0 Å². The molecule has 0 radical (unpaired) electrons. The Morgan fingerprint density at radius 3 is 2.45 bits per heavy atom. The lowest BCUT2D eigenvalue weighted by Gasteiger charge is -2.46. The summed E-state index contributed by atoms with van der Waals surface area (Å²) >= 11 is 0. The monoisotopic (exact) mass is 416 g/mol. The number of aliphatic imine (C=N–C) groups is 2. The second kappa shape index (κ2) is 7.11. The lowest BCUT2D eigenvalue weighted by atomic mass is 9.87. The van der Waals surface area contributed by atoms with Crippen molar-refractivity contribution in [1.29, 1.82) is 0 Å². The summed E-state index contributed by atoms with van der Waals surface area (Å²) < 4.78 is 6.11. The molecule has 0 bridgehead atoms. The van der Waals surface area contributed by atoms with Crippen LogP contribution >= 0.6 is 0 Å². The zero-order valence-corrected chi connectivity index (χ0v) is 18.3. The van der Waals surface area contributed by atoms with E-state index in [1.807, 2.05) is 12.1 Å². The zero-order chi connectivity index (χ0) is 21.8. The van der Waals surface area contributed by atoms with E-state index in [0.29, 0.717) is 11.9 Å². The molecule has 1 fully saturated rings. The van der Waals surface area contributed by atoms with Gasteiger partial charge in [0.05, 0.1) is 0 Å². The fraction of sp³-hybridized carbons (Fsp3) is 0.375. The first-order valence-electron chi connectivity index (χ1n) is 10.8. The van der Waals surface area contributed by atoms with E-state index in [9.17, 15) is 0 Å². The van der Waals surface area contributed by atoms with Gasteiger partial charge in [-0.3, -0.25) is 4.90 Å². The second-order valence-electron chi connectivity index (χ2n) is 8.74. The maximum Gasteiger partial charge on any atom is 0.227 e. The summed E-state index contributed by atoms with van der Waals surface area (Å²) in [6.45, 7) is 6.24. The van der Waals surface area contributed by atoms with E-state index in [4.69, 9.17) is 25.9 Å². The van der Waals surface area contributed by atoms with Gasteiger partial charge in [0.2, 0.25) is 17.8 Å². The number of nitrogens with two attached hydrogens (primary N) is 2. The fourth-order valence-electron chi connectivity index (χ4n) is 4.76. The number of rotatable bonds is 2. The highest BCUT2D eigenvalue weighted by Gasteiger charge is 2.43. The summed E-state index contributed by atoms with van der Waals surface area (Å²) in [6, 6.07) is 10.3. The minimum absolute atomic E-state index is 0.258. The number of oxazole rings is 1. The van der Waals surface area contributed by atoms with Crippen molar-refractivity contribution in [2.45, 2.75) is 58.5 Å². The molecule has 1 aliphatic heterocycles. The van der Waals surface area contributed by atoms with E-state index in [-0.39, 0.29) is 5.96 Å². The van der Waals surface area contributed by atoms with Crippen molar-refractivity contribution in [2.75, 3.05) is 4.90 Å². The van der Waals surface area contributed by atoms with E-state index in [1.54, 1.807) is 0 Å². The number of aromatic nitrogens is 1. The summed E-state index contributed by atoms with van der Waals surface area (Å²) in [5, 5.41) is 0. The van der Waals surface area contributed by atoms with Gasteiger partial charge in [-0.1, -0.05) is 12.5 Å². The Labute approximate surface area is 181 Å². The summed E-state index contributed by atoms with van der Waals surface area (Å²) in [7, 11) is 0. The molecule has 1 aliphatic carbocycles. The van der Waals surface area contributed by atoms with Crippen molar-refractivity contribution < 1.29 is 4.42 Å². The van der Waals surface area contributed by atoms with Crippen molar-refractivity contribution in [1.82, 2.24) is 4.98 Å². The summed E-state index contributed by atoms with van der Waals surface area (Å²) in [4.78, 5) is 15.9. The molecule has 160 valence electrons. The van der Waals surface area contributed by atoms with Gasteiger partial charge >= 0.3 is 0 Å². The first-order chi connectivity index (χ1) is 14.9. The largest absolute Gasteiger partial charge is 0.436 e. The number of benzene rings is 2. The SMILES string of the molecule is Cc1cc2nc(-c3ccc(C)c(N4C(N)=NC(N)=NC45CCCCC5)c3)oc2cc1C. The molecule has 5 rings (SSSR count). The molecule has 3 aromatic rings. The molecular formula is C24H28N6O. The van der Waals surface area contributed by atoms with Crippen molar-refractivity contribution in [3.8, 4) is 11.5 Å². The van der Waals surface area contributed by atoms with Crippen LogP contribution in [0.25, 0.3) is 22.6 Å². The average Bonchev–Trinajstić information content (AvgIpc) is 3.12. The standard InChI is InChI=1S/C24H28N6O/c1-14-7-8-17(21-27-18-11-15(2)16(3)12-20(18)31-21)13-19(14)30-23(26)28-22(25)29-24(30)9-5-4-6-10-24/h7-8,11-13H,4-6,9-10H2,1-3H3,(H4,25,26,28,29). The highest BCUT2D eigenvalue weighted by atomic mass is 16.3. The fourth-order valence-corrected chi connectivity index (χ4v) is 4.76. The van der Waals surface area contributed by atoms with Crippen LogP contribution in [-0.4, -0.2) is 22.6 Å². The van der Waals surface area contributed by atoms with Gasteiger partial charge < -0.3 is 15.9 Å². The minimum atomic E-state index is -0.479. The van der Waals surface area contributed by atoms with Crippen LogP contribution in [0.2, 0.25) is 0 Å². The van der Waals surface area contributed by atoms with Crippen LogP contribution in [0, 0.1) is 20.8 Å². The van der Waals surface area contributed by atoms with Crippen molar-refractivity contribution in [3.05, 3.63) is 47.0 Å². The molecule has 2 heterocycles. The van der Waals surface area contributed by atoms with E-state index < -0.39 is 5.66 Å². The first kappa shape index (κ1) is 19.6. The third kappa shape index (κ3) is 3.24. The number of guanidine groups is 2. The number of fused-ring (bicyclic) bond motifs is 1. The van der Waals surface area contributed by atoms with Crippen molar-refractivity contribution in [2.24, 2.45) is 21.5 Å². The molecule has 7 heteroatoms. The molecule has 0 saturated heterocycles. The van der Waals surface area contributed by atoms with Crippen LogP contribution in [0.1, 0.15) is 48.8 Å². The maximum atomic E-state index is 6.44. The van der Waals surface area contributed by atoms with Crippen molar-refractivity contribution in [3.63, 3.8) is 0 Å². The van der Waals surface area contributed by atoms with E-state index in [0.717, 1.165) is 53.6 Å². The Morgan fingerprint density at radius 1 is 0.935 bits per heavy atom. The molecule has 1 saturated carbocycles. The summed E-state index contributed by atoms with van der Waals surface area (Å²) in [6.07, 6.45) is 5.17. The highest BCUT2D eigenvalue weighted by molar-refractivity contribution is 6.06. The molecule has 2 aliphatic rings. The number of hydrogen-bond acceptors (Lipinski definition) is 7. The third-order valence-electron chi connectivity index (χ3n) is 6.55. The van der Waals surface area contributed by atoms with Gasteiger partial charge in [-0.25, -0.2) is 9.98 Å². The quantitative estimate of drug-likeness (QED) is 0.638. The van der Waals surface area contributed by atoms with Gasteiger partial charge in [-0.05, 0) is 87.4 Å². The number of nitrogens with zero attached hydrogens (tertiary/aromatic N) is 4. The number of hydrogen-bond donors (Lipinski definition) is 2. The third-order valence-corrected chi connectivity index (χ3v) is 6.55. The molecule has 31 heavy (non-hydrogen) atoms. The smallest absolute Gasteiger partial charge is 0.227 e. The number of anilines is 1. The summed E-state index contributed by atoms with van der Waals surface area (Å²) in [5.74, 6) is 1.24. The van der Waals surface area contributed by atoms with Crippen LogP contribution in [0.3, 0.4) is 0 Å². The van der Waals surface area contributed by atoms with E-state index >= 15 is 0 Å². The van der Waals surface area contributed by atoms with E-state index in [2.05, 4.69) is 48.9 Å². The van der Waals surface area contributed by atoms with Gasteiger partial charge in [0.15, 0.2) is 5.58 Å². The predicted octanol–water partition coefficient (Wildman–Crippen LogP) is 4.53. The zero-order valence-electron chi connectivity index (χ0n) is 18.3. The molecular weight excluding hydrogens is 388 g/mol. The van der Waals surface area contributed by atoms with Crippen LogP contribution in [-0.2, 0) is 0 Å². The Morgan fingerprint density at radius 2 is 1.68 bits per heavy atom. The average molecular weight is 417 g/mol.